The van der Waals surface area contributed by atoms with E-state index in [2.05, 4.69) is 4.90 Å². The van der Waals surface area contributed by atoms with E-state index in [1.54, 1.807) is 21.9 Å². The standard InChI is InChI=1S/C29H34N4O4S/c1-3-30(4-2)27(34)21-31-22-33(25-12-6-5-7-13-25)29(28(31)35)16-18-32(19-17-29)38(36,37)26-15-14-23-10-8-9-11-24(23)20-26/h5-15,20H,3-4,16-19,21-22H2,1-2H3. The van der Waals surface area contributed by atoms with E-state index in [4.69, 9.17) is 0 Å². The van der Waals surface area contributed by atoms with Crippen molar-refractivity contribution in [3.05, 3.63) is 72.8 Å². The van der Waals surface area contributed by atoms with Gasteiger partial charge in [-0.15, -0.1) is 0 Å². The van der Waals surface area contributed by atoms with Crippen LogP contribution in [0.2, 0.25) is 0 Å². The van der Waals surface area contributed by atoms with Gasteiger partial charge in [0, 0.05) is 31.9 Å². The number of benzene rings is 3. The molecule has 0 aliphatic carbocycles. The smallest absolute Gasteiger partial charge is 0.250 e. The van der Waals surface area contributed by atoms with E-state index in [1.807, 2.05) is 74.5 Å². The molecule has 0 radical (unpaired) electrons. The molecule has 2 saturated heterocycles. The Labute approximate surface area is 224 Å². The lowest BCUT2D eigenvalue weighted by atomic mass is 9.86. The minimum Gasteiger partial charge on any atom is -0.342 e. The van der Waals surface area contributed by atoms with Crippen LogP contribution >= 0.6 is 0 Å². The molecule has 0 atom stereocenters. The third kappa shape index (κ3) is 4.54. The molecule has 3 aromatic rings. The highest BCUT2D eigenvalue weighted by molar-refractivity contribution is 7.89. The molecule has 5 rings (SSSR count). The van der Waals surface area contributed by atoms with Crippen LogP contribution in [0.3, 0.4) is 0 Å². The monoisotopic (exact) mass is 534 g/mol. The van der Waals surface area contributed by atoms with Crippen LogP contribution in [0.1, 0.15) is 26.7 Å². The zero-order valence-electron chi connectivity index (χ0n) is 21.9. The van der Waals surface area contributed by atoms with Crippen molar-refractivity contribution in [2.75, 3.05) is 44.3 Å². The third-order valence-electron chi connectivity index (χ3n) is 7.93. The van der Waals surface area contributed by atoms with Crippen LogP contribution in [0, 0.1) is 0 Å². The Balaban J connectivity index is 1.40. The van der Waals surface area contributed by atoms with Crippen LogP contribution in [0.25, 0.3) is 10.8 Å². The first kappa shape index (κ1) is 26.2. The summed E-state index contributed by atoms with van der Waals surface area (Å²) in [6, 6.07) is 22.6. The molecule has 2 amide bonds. The molecule has 0 aromatic heterocycles. The molecule has 2 aliphatic heterocycles. The number of likely N-dealkylation sites (N-methyl/N-ethyl adjacent to an activating group) is 1. The number of sulfonamides is 1. The molecule has 2 aliphatic rings. The van der Waals surface area contributed by atoms with Gasteiger partial charge < -0.3 is 14.7 Å². The maximum atomic E-state index is 13.9. The topological polar surface area (TPSA) is 81.2 Å². The van der Waals surface area contributed by atoms with Crippen molar-refractivity contribution in [1.29, 1.82) is 0 Å². The Kier molecular flexibility index (Phi) is 7.15. The summed E-state index contributed by atoms with van der Waals surface area (Å²) < 4.78 is 28.7. The van der Waals surface area contributed by atoms with Crippen molar-refractivity contribution in [1.82, 2.24) is 14.1 Å². The van der Waals surface area contributed by atoms with Crippen molar-refractivity contribution in [2.24, 2.45) is 0 Å². The highest BCUT2D eigenvalue weighted by Gasteiger charge is 2.55. The Bertz CT molecular complexity index is 1430. The summed E-state index contributed by atoms with van der Waals surface area (Å²) in [7, 11) is -3.72. The second kappa shape index (κ2) is 10.4. The molecule has 200 valence electrons. The van der Waals surface area contributed by atoms with Crippen molar-refractivity contribution >= 4 is 38.3 Å². The summed E-state index contributed by atoms with van der Waals surface area (Å²) in [6.07, 6.45) is 0.701. The summed E-state index contributed by atoms with van der Waals surface area (Å²) >= 11 is 0. The Morgan fingerprint density at radius 1 is 0.895 bits per heavy atom. The molecule has 8 nitrogen and oxygen atoms in total. The van der Waals surface area contributed by atoms with Crippen LogP contribution in [0.15, 0.2) is 77.7 Å². The zero-order valence-corrected chi connectivity index (χ0v) is 22.7. The molecule has 2 heterocycles. The number of hydrogen-bond donors (Lipinski definition) is 0. The van der Waals surface area contributed by atoms with E-state index >= 15 is 0 Å². The van der Waals surface area contributed by atoms with Crippen molar-refractivity contribution in [3.63, 3.8) is 0 Å². The number of para-hydroxylation sites is 1. The van der Waals surface area contributed by atoms with Crippen LogP contribution < -0.4 is 4.90 Å². The fourth-order valence-electron chi connectivity index (χ4n) is 5.74. The van der Waals surface area contributed by atoms with Gasteiger partial charge in [-0.25, -0.2) is 8.42 Å². The Hall–Kier alpha value is -3.43. The van der Waals surface area contributed by atoms with Crippen molar-refractivity contribution in [3.8, 4) is 0 Å². The number of amides is 2. The minimum absolute atomic E-state index is 0.0186. The van der Waals surface area contributed by atoms with Gasteiger partial charge >= 0.3 is 0 Å². The van der Waals surface area contributed by atoms with Crippen molar-refractivity contribution < 1.29 is 18.0 Å². The summed E-state index contributed by atoms with van der Waals surface area (Å²) in [4.78, 5) is 32.5. The number of piperidine rings is 1. The molecule has 1 spiro atoms. The molecule has 2 fully saturated rings. The average Bonchev–Trinajstić information content (AvgIpc) is 3.20. The van der Waals surface area contributed by atoms with E-state index < -0.39 is 15.6 Å². The predicted octanol–water partition coefficient (Wildman–Crippen LogP) is 3.54. The molecule has 0 bridgehead atoms. The molecular formula is C29H34N4O4S. The number of carbonyl (C=O) groups excluding carboxylic acids is 2. The van der Waals surface area contributed by atoms with E-state index in [-0.39, 0.29) is 36.3 Å². The fourth-order valence-corrected chi connectivity index (χ4v) is 7.21. The van der Waals surface area contributed by atoms with E-state index in [0.29, 0.717) is 32.6 Å². The quantitative estimate of drug-likeness (QED) is 0.463. The molecule has 0 saturated carbocycles. The molecule has 3 aromatic carbocycles. The zero-order chi connectivity index (χ0) is 26.9. The minimum atomic E-state index is -3.72. The van der Waals surface area contributed by atoms with Crippen molar-refractivity contribution in [2.45, 2.75) is 37.1 Å². The number of nitrogens with zero attached hydrogens (tertiary/aromatic N) is 4. The normalized spacial score (nSPS) is 17.9. The van der Waals surface area contributed by atoms with Gasteiger partial charge in [0.25, 0.3) is 0 Å². The summed E-state index contributed by atoms with van der Waals surface area (Å²) in [5, 5.41) is 1.86. The highest BCUT2D eigenvalue weighted by atomic mass is 32.2. The van der Waals surface area contributed by atoms with Gasteiger partial charge in [0.2, 0.25) is 21.8 Å². The lowest BCUT2D eigenvalue weighted by Crippen LogP contribution is -2.57. The van der Waals surface area contributed by atoms with Gasteiger partial charge in [-0.05, 0) is 61.7 Å². The Morgan fingerprint density at radius 3 is 2.18 bits per heavy atom. The number of anilines is 1. The lowest BCUT2D eigenvalue weighted by Gasteiger charge is -2.42. The maximum absolute atomic E-state index is 13.9. The second-order valence-electron chi connectivity index (χ2n) is 9.92. The number of carbonyl (C=O) groups is 2. The number of fused-ring (bicyclic) bond motifs is 1. The maximum Gasteiger partial charge on any atom is 0.250 e. The summed E-state index contributed by atoms with van der Waals surface area (Å²) in [5.74, 6) is -0.186. The average molecular weight is 535 g/mol. The second-order valence-corrected chi connectivity index (χ2v) is 11.9. The van der Waals surface area contributed by atoms with Gasteiger partial charge in [-0.2, -0.15) is 4.31 Å². The van der Waals surface area contributed by atoms with Crippen LogP contribution in [0.4, 0.5) is 5.69 Å². The molecule has 9 heteroatoms. The lowest BCUT2D eigenvalue weighted by molar-refractivity contribution is -0.140. The van der Waals surface area contributed by atoms with Gasteiger partial charge in [0.05, 0.1) is 11.6 Å². The summed E-state index contributed by atoms with van der Waals surface area (Å²) in [6.45, 7) is 5.80. The molecule has 38 heavy (non-hydrogen) atoms. The van der Waals surface area contributed by atoms with Gasteiger partial charge in [-0.1, -0.05) is 48.5 Å². The third-order valence-corrected chi connectivity index (χ3v) is 9.83. The predicted molar refractivity (Wildman–Crippen MR) is 148 cm³/mol. The largest absolute Gasteiger partial charge is 0.342 e. The van der Waals surface area contributed by atoms with Crippen LogP contribution in [-0.2, 0) is 19.6 Å². The van der Waals surface area contributed by atoms with E-state index in [1.165, 1.54) is 4.31 Å². The highest BCUT2D eigenvalue weighted by Crippen LogP contribution is 2.40. The van der Waals surface area contributed by atoms with Crippen LogP contribution in [-0.4, -0.2) is 79.3 Å². The molecular weight excluding hydrogens is 500 g/mol. The fraction of sp³-hybridized carbons (Fsp3) is 0.379. The van der Waals surface area contributed by atoms with Gasteiger partial charge in [0.1, 0.15) is 12.1 Å². The first-order valence-corrected chi connectivity index (χ1v) is 14.6. The molecule has 0 unspecified atom stereocenters. The van der Waals surface area contributed by atoms with E-state index in [9.17, 15) is 18.0 Å². The van der Waals surface area contributed by atoms with E-state index in [0.717, 1.165) is 16.5 Å². The SMILES string of the molecule is CCN(CC)C(=O)CN1CN(c2ccccc2)C2(CCN(S(=O)(=O)c3ccc4ccccc4c3)CC2)C1=O. The Morgan fingerprint density at radius 2 is 1.53 bits per heavy atom. The van der Waals surface area contributed by atoms with Crippen LogP contribution in [0.5, 0.6) is 0 Å². The first-order valence-electron chi connectivity index (χ1n) is 13.2. The first-order chi connectivity index (χ1) is 18.3. The summed E-state index contributed by atoms with van der Waals surface area (Å²) in [5.41, 5.74) is 0.00444. The number of rotatable bonds is 7. The van der Waals surface area contributed by atoms with Gasteiger partial charge in [-0.3, -0.25) is 9.59 Å². The molecule has 0 N–H and O–H groups in total. The number of hydrogen-bond acceptors (Lipinski definition) is 5. The van der Waals surface area contributed by atoms with Gasteiger partial charge in [0.15, 0.2) is 0 Å².